The van der Waals surface area contributed by atoms with Crippen molar-refractivity contribution >= 4 is 11.9 Å². The molecule has 0 aromatic carbocycles. The summed E-state index contributed by atoms with van der Waals surface area (Å²) in [5.74, 6) is -0.873. The fourth-order valence-electron chi connectivity index (χ4n) is 2.23. The molecule has 15 heavy (non-hydrogen) atoms. The lowest BCUT2D eigenvalue weighted by Crippen LogP contribution is -2.52. The molecule has 0 saturated heterocycles. The second kappa shape index (κ2) is 3.51. The van der Waals surface area contributed by atoms with E-state index in [1.54, 1.807) is 0 Å². The Hall–Kier alpha value is -1.06. The molecular formula is C11H17NO3. The third kappa shape index (κ3) is 1.85. The van der Waals surface area contributed by atoms with Gasteiger partial charge in [-0.15, -0.1) is 0 Å². The first-order valence-electron chi connectivity index (χ1n) is 5.55. The van der Waals surface area contributed by atoms with Gasteiger partial charge in [0.2, 0.25) is 5.91 Å². The zero-order valence-electron chi connectivity index (χ0n) is 8.95. The number of hydrogen-bond acceptors (Lipinski definition) is 2. The van der Waals surface area contributed by atoms with Gasteiger partial charge in [-0.1, -0.05) is 13.3 Å². The topological polar surface area (TPSA) is 66.4 Å². The van der Waals surface area contributed by atoms with Gasteiger partial charge in [-0.3, -0.25) is 9.59 Å². The van der Waals surface area contributed by atoms with Crippen LogP contribution in [0.2, 0.25) is 0 Å². The van der Waals surface area contributed by atoms with Crippen LogP contribution in [0.1, 0.15) is 39.0 Å². The summed E-state index contributed by atoms with van der Waals surface area (Å²) in [7, 11) is 0. The first kappa shape index (κ1) is 10.5. The van der Waals surface area contributed by atoms with E-state index in [2.05, 4.69) is 5.32 Å². The molecule has 0 heterocycles. The van der Waals surface area contributed by atoms with Crippen LogP contribution in [0.15, 0.2) is 0 Å². The van der Waals surface area contributed by atoms with E-state index >= 15 is 0 Å². The summed E-state index contributed by atoms with van der Waals surface area (Å²) in [6, 6.07) is 0.0935. The number of carbonyl (C=O) groups is 2. The minimum Gasteiger partial charge on any atom is -0.481 e. The monoisotopic (exact) mass is 211 g/mol. The number of nitrogens with one attached hydrogen (secondary N) is 1. The fraction of sp³-hybridized carbons (Fsp3) is 0.818. The van der Waals surface area contributed by atoms with Gasteiger partial charge in [-0.25, -0.2) is 0 Å². The lowest BCUT2D eigenvalue weighted by Gasteiger charge is -2.40. The highest BCUT2D eigenvalue weighted by atomic mass is 16.4. The maximum atomic E-state index is 11.8. The van der Waals surface area contributed by atoms with Crippen molar-refractivity contribution < 1.29 is 14.7 Å². The van der Waals surface area contributed by atoms with Crippen molar-refractivity contribution in [2.24, 2.45) is 11.3 Å². The summed E-state index contributed by atoms with van der Waals surface area (Å²) in [6.07, 6.45) is 4.25. The molecular weight excluding hydrogens is 194 g/mol. The summed E-state index contributed by atoms with van der Waals surface area (Å²) in [5.41, 5.74) is -0.172. The third-order valence-corrected chi connectivity index (χ3v) is 3.83. The number of carboxylic acids is 1. The van der Waals surface area contributed by atoms with E-state index < -0.39 is 5.97 Å². The largest absolute Gasteiger partial charge is 0.481 e. The molecule has 0 aromatic rings. The zero-order chi connectivity index (χ0) is 11.1. The van der Waals surface area contributed by atoms with Crippen LogP contribution in [0.3, 0.4) is 0 Å². The first-order chi connectivity index (χ1) is 7.01. The molecule has 1 amide bonds. The van der Waals surface area contributed by atoms with Crippen molar-refractivity contribution in [3.8, 4) is 0 Å². The molecule has 2 N–H and O–H groups in total. The van der Waals surface area contributed by atoms with E-state index in [-0.39, 0.29) is 23.3 Å². The molecule has 0 spiro atoms. The average Bonchev–Trinajstić information content (AvgIpc) is 2.05. The smallest absolute Gasteiger partial charge is 0.306 e. The SMILES string of the molecule is CC1(C(=O)NC2CC(C(=O)O)C2)CCC1. The maximum absolute atomic E-state index is 11.8. The number of amides is 1. The van der Waals surface area contributed by atoms with E-state index in [1.807, 2.05) is 6.92 Å². The molecule has 2 aliphatic carbocycles. The molecule has 2 saturated carbocycles. The van der Waals surface area contributed by atoms with Crippen LogP contribution in [-0.4, -0.2) is 23.0 Å². The second-order valence-electron chi connectivity index (χ2n) is 5.09. The van der Waals surface area contributed by atoms with Crippen molar-refractivity contribution in [2.45, 2.75) is 45.1 Å². The van der Waals surface area contributed by atoms with Gasteiger partial charge < -0.3 is 10.4 Å². The van der Waals surface area contributed by atoms with Crippen LogP contribution < -0.4 is 5.32 Å². The van der Waals surface area contributed by atoms with E-state index in [9.17, 15) is 9.59 Å². The summed E-state index contributed by atoms with van der Waals surface area (Å²) in [4.78, 5) is 22.3. The molecule has 2 rings (SSSR count). The molecule has 0 radical (unpaired) electrons. The van der Waals surface area contributed by atoms with Gasteiger partial charge in [-0.05, 0) is 25.7 Å². The molecule has 4 heteroatoms. The molecule has 0 atom stereocenters. The summed E-state index contributed by atoms with van der Waals surface area (Å²) < 4.78 is 0. The fourth-order valence-corrected chi connectivity index (χ4v) is 2.23. The van der Waals surface area contributed by atoms with Crippen molar-refractivity contribution in [1.29, 1.82) is 0 Å². The number of rotatable bonds is 3. The Kier molecular flexibility index (Phi) is 2.44. The molecule has 84 valence electrons. The molecule has 2 fully saturated rings. The number of carbonyl (C=O) groups excluding carboxylic acids is 1. The van der Waals surface area contributed by atoms with Gasteiger partial charge in [0.25, 0.3) is 0 Å². The van der Waals surface area contributed by atoms with Crippen LogP contribution in [-0.2, 0) is 9.59 Å². The van der Waals surface area contributed by atoms with Gasteiger partial charge >= 0.3 is 5.97 Å². The number of aliphatic carboxylic acids is 1. The zero-order valence-corrected chi connectivity index (χ0v) is 8.95. The van der Waals surface area contributed by atoms with Crippen LogP contribution in [0.25, 0.3) is 0 Å². The Labute approximate surface area is 89.0 Å². The molecule has 0 unspecified atom stereocenters. The highest BCUT2D eigenvalue weighted by molar-refractivity contribution is 5.83. The van der Waals surface area contributed by atoms with Crippen LogP contribution in [0, 0.1) is 11.3 Å². The first-order valence-corrected chi connectivity index (χ1v) is 5.55. The lowest BCUT2D eigenvalue weighted by atomic mass is 9.69. The maximum Gasteiger partial charge on any atom is 0.306 e. The van der Waals surface area contributed by atoms with Gasteiger partial charge in [0.1, 0.15) is 0 Å². The minimum absolute atomic E-state index is 0.0935. The number of hydrogen-bond donors (Lipinski definition) is 2. The number of carboxylic acid groups (broad SMARTS) is 1. The van der Waals surface area contributed by atoms with E-state index in [0.29, 0.717) is 12.8 Å². The Bertz CT molecular complexity index is 290. The van der Waals surface area contributed by atoms with Gasteiger partial charge in [0, 0.05) is 11.5 Å². The normalized spacial score (nSPS) is 32.3. The van der Waals surface area contributed by atoms with Gasteiger partial charge in [-0.2, -0.15) is 0 Å². The molecule has 0 bridgehead atoms. The summed E-state index contributed by atoms with van der Waals surface area (Å²) in [5, 5.41) is 11.6. The van der Waals surface area contributed by atoms with E-state index in [0.717, 1.165) is 19.3 Å². The Morgan fingerprint density at radius 1 is 1.33 bits per heavy atom. The van der Waals surface area contributed by atoms with Crippen molar-refractivity contribution in [1.82, 2.24) is 5.32 Å². The third-order valence-electron chi connectivity index (χ3n) is 3.83. The second-order valence-corrected chi connectivity index (χ2v) is 5.09. The van der Waals surface area contributed by atoms with Gasteiger partial charge in [0.05, 0.1) is 5.92 Å². The Morgan fingerprint density at radius 2 is 1.93 bits per heavy atom. The summed E-state index contributed by atoms with van der Waals surface area (Å²) in [6.45, 7) is 1.99. The van der Waals surface area contributed by atoms with E-state index in [1.165, 1.54) is 0 Å². The summed E-state index contributed by atoms with van der Waals surface area (Å²) >= 11 is 0. The molecule has 0 aliphatic heterocycles. The Balaban J connectivity index is 1.75. The highest BCUT2D eigenvalue weighted by Crippen LogP contribution is 2.41. The van der Waals surface area contributed by atoms with Crippen molar-refractivity contribution in [3.05, 3.63) is 0 Å². The predicted molar refractivity (Wildman–Crippen MR) is 54.2 cm³/mol. The van der Waals surface area contributed by atoms with Gasteiger partial charge in [0.15, 0.2) is 0 Å². The standard InChI is InChI=1S/C11H17NO3/c1-11(3-2-4-11)10(15)12-8-5-7(6-8)9(13)14/h7-8H,2-6H2,1H3,(H,12,15)(H,13,14). The molecule has 2 aliphatic rings. The van der Waals surface area contributed by atoms with Crippen LogP contribution in [0.5, 0.6) is 0 Å². The predicted octanol–water partition coefficient (Wildman–Crippen LogP) is 1.16. The van der Waals surface area contributed by atoms with Crippen LogP contribution >= 0.6 is 0 Å². The Morgan fingerprint density at radius 3 is 2.33 bits per heavy atom. The minimum atomic E-state index is -0.740. The average molecular weight is 211 g/mol. The van der Waals surface area contributed by atoms with E-state index in [4.69, 9.17) is 5.11 Å². The van der Waals surface area contributed by atoms with Crippen molar-refractivity contribution in [3.63, 3.8) is 0 Å². The van der Waals surface area contributed by atoms with Crippen molar-refractivity contribution in [2.75, 3.05) is 0 Å². The highest BCUT2D eigenvalue weighted by Gasteiger charge is 2.42. The van der Waals surface area contributed by atoms with Crippen LogP contribution in [0.4, 0.5) is 0 Å². The quantitative estimate of drug-likeness (QED) is 0.736. The molecule has 4 nitrogen and oxygen atoms in total. The lowest BCUT2D eigenvalue weighted by molar-refractivity contribution is -0.147. The molecule has 0 aromatic heterocycles.